The van der Waals surface area contributed by atoms with Crippen LogP contribution in [0.1, 0.15) is 13.3 Å². The van der Waals surface area contributed by atoms with Gasteiger partial charge >= 0.3 is 0 Å². The summed E-state index contributed by atoms with van der Waals surface area (Å²) in [5.74, 6) is 0. The van der Waals surface area contributed by atoms with Crippen LogP contribution in [0, 0.1) is 0 Å². The molecule has 6 nitrogen and oxygen atoms in total. The molecule has 7 heteroatoms. The molecule has 1 saturated heterocycles. The molecule has 0 atom stereocenters. The summed E-state index contributed by atoms with van der Waals surface area (Å²) >= 11 is 0. The van der Waals surface area contributed by atoms with Crippen molar-refractivity contribution in [2.45, 2.75) is 23.8 Å². The summed E-state index contributed by atoms with van der Waals surface area (Å²) < 4.78 is 27.0. The normalized spacial score (nSPS) is 20.7. The van der Waals surface area contributed by atoms with E-state index in [1.54, 1.807) is 7.05 Å². The van der Waals surface area contributed by atoms with E-state index >= 15 is 0 Å². The zero-order valence-electron chi connectivity index (χ0n) is 9.42. The van der Waals surface area contributed by atoms with Gasteiger partial charge in [-0.25, -0.2) is 8.42 Å². The Labute approximate surface area is 95.1 Å². The first-order chi connectivity index (χ1) is 7.37. The zero-order chi connectivity index (χ0) is 12.0. The van der Waals surface area contributed by atoms with Crippen molar-refractivity contribution < 1.29 is 8.42 Å². The maximum atomic E-state index is 12.0. The Morgan fingerprint density at radius 2 is 2.19 bits per heavy atom. The minimum Gasteiger partial charge on any atom is -0.323 e. The fourth-order valence-corrected chi connectivity index (χ4v) is 3.35. The van der Waals surface area contributed by atoms with Crippen molar-refractivity contribution in [2.24, 2.45) is 12.8 Å². The van der Waals surface area contributed by atoms with Gasteiger partial charge in [-0.1, -0.05) is 6.92 Å². The maximum absolute atomic E-state index is 12.0. The molecular formula is C9H16N4O2S. The van der Waals surface area contributed by atoms with Gasteiger partial charge in [0, 0.05) is 31.9 Å². The molecule has 16 heavy (non-hydrogen) atoms. The molecular weight excluding hydrogens is 228 g/mol. The predicted molar refractivity (Wildman–Crippen MR) is 59.2 cm³/mol. The average Bonchev–Trinajstić information content (AvgIpc) is 2.60. The highest BCUT2D eigenvalue weighted by atomic mass is 32.2. The first-order valence-electron chi connectivity index (χ1n) is 5.15. The van der Waals surface area contributed by atoms with Gasteiger partial charge in [0.2, 0.25) is 10.0 Å². The number of nitrogens with two attached hydrogens (primary N) is 1. The highest BCUT2D eigenvalue weighted by molar-refractivity contribution is 7.89. The van der Waals surface area contributed by atoms with Crippen molar-refractivity contribution in [3.63, 3.8) is 0 Å². The van der Waals surface area contributed by atoms with E-state index < -0.39 is 10.0 Å². The van der Waals surface area contributed by atoms with Crippen LogP contribution in [0.25, 0.3) is 0 Å². The van der Waals surface area contributed by atoms with Crippen LogP contribution >= 0.6 is 0 Å². The van der Waals surface area contributed by atoms with E-state index in [0.717, 1.165) is 6.42 Å². The smallest absolute Gasteiger partial charge is 0.246 e. The van der Waals surface area contributed by atoms with Gasteiger partial charge in [-0.3, -0.25) is 4.68 Å². The molecule has 1 aromatic heterocycles. The van der Waals surface area contributed by atoms with E-state index in [2.05, 4.69) is 5.10 Å². The summed E-state index contributed by atoms with van der Waals surface area (Å²) in [5, 5.41) is 3.86. The monoisotopic (exact) mass is 244 g/mol. The number of hydrogen-bond donors (Lipinski definition) is 1. The molecule has 0 radical (unpaired) electrons. The van der Waals surface area contributed by atoms with Crippen molar-refractivity contribution in [3.8, 4) is 0 Å². The number of hydrogen-bond acceptors (Lipinski definition) is 4. The molecule has 0 saturated carbocycles. The molecule has 2 heterocycles. The summed E-state index contributed by atoms with van der Waals surface area (Å²) in [5.41, 5.74) is 5.59. The molecule has 0 aliphatic carbocycles. The van der Waals surface area contributed by atoms with Gasteiger partial charge < -0.3 is 5.73 Å². The van der Waals surface area contributed by atoms with Gasteiger partial charge in [-0.2, -0.15) is 9.40 Å². The second kappa shape index (κ2) is 3.54. The lowest BCUT2D eigenvalue weighted by atomic mass is 9.91. The van der Waals surface area contributed by atoms with Crippen LogP contribution in [-0.4, -0.2) is 41.1 Å². The lowest BCUT2D eigenvalue weighted by molar-refractivity contribution is 0.153. The van der Waals surface area contributed by atoms with Crippen LogP contribution in [0.2, 0.25) is 0 Å². The van der Waals surface area contributed by atoms with Crippen molar-refractivity contribution in [1.29, 1.82) is 0 Å². The highest BCUT2D eigenvalue weighted by Gasteiger charge is 2.44. The summed E-state index contributed by atoms with van der Waals surface area (Å²) in [4.78, 5) is 0.230. The molecule has 1 fully saturated rings. The molecule has 2 N–H and O–H groups in total. The third-order valence-electron chi connectivity index (χ3n) is 3.01. The first kappa shape index (κ1) is 11.6. The number of sulfonamides is 1. The van der Waals surface area contributed by atoms with Crippen LogP contribution in [0.4, 0.5) is 0 Å². The molecule has 0 amide bonds. The summed E-state index contributed by atoms with van der Waals surface area (Å²) in [6.07, 6.45) is 3.64. The lowest BCUT2D eigenvalue weighted by Gasteiger charge is -2.45. The fraction of sp³-hybridized carbons (Fsp3) is 0.667. The van der Waals surface area contributed by atoms with Crippen molar-refractivity contribution >= 4 is 10.0 Å². The second-order valence-corrected chi connectivity index (χ2v) is 6.28. The predicted octanol–water partition coefficient (Wildman–Crippen LogP) is -0.468. The van der Waals surface area contributed by atoms with Crippen LogP contribution in [0.15, 0.2) is 17.3 Å². The Kier molecular flexibility index (Phi) is 2.56. The third-order valence-corrected chi connectivity index (χ3v) is 4.75. The number of nitrogens with zero attached hydrogens (tertiary/aromatic N) is 3. The topological polar surface area (TPSA) is 81.2 Å². The van der Waals surface area contributed by atoms with Crippen LogP contribution in [-0.2, 0) is 17.1 Å². The summed E-state index contributed by atoms with van der Waals surface area (Å²) in [6, 6.07) is 0. The van der Waals surface area contributed by atoms with Gasteiger partial charge in [-0.15, -0.1) is 0 Å². The van der Waals surface area contributed by atoms with Gasteiger partial charge in [0.05, 0.1) is 6.20 Å². The van der Waals surface area contributed by atoms with E-state index in [1.807, 2.05) is 6.92 Å². The second-order valence-electron chi connectivity index (χ2n) is 4.34. The number of aryl methyl sites for hydroxylation is 1. The molecule has 0 bridgehead atoms. The Hall–Kier alpha value is -0.920. The van der Waals surface area contributed by atoms with E-state index in [1.165, 1.54) is 21.4 Å². The quantitative estimate of drug-likeness (QED) is 0.779. The Morgan fingerprint density at radius 3 is 2.62 bits per heavy atom. The highest BCUT2D eigenvalue weighted by Crippen LogP contribution is 2.27. The molecule has 0 aromatic carbocycles. The van der Waals surface area contributed by atoms with E-state index in [4.69, 9.17) is 5.73 Å². The zero-order valence-corrected chi connectivity index (χ0v) is 10.2. The molecule has 0 unspecified atom stereocenters. The van der Waals surface area contributed by atoms with E-state index in [0.29, 0.717) is 13.1 Å². The van der Waals surface area contributed by atoms with Crippen molar-refractivity contribution in [2.75, 3.05) is 13.1 Å². The molecule has 1 aromatic rings. The minimum absolute atomic E-state index is 0.230. The van der Waals surface area contributed by atoms with Gasteiger partial charge in [-0.05, 0) is 6.42 Å². The van der Waals surface area contributed by atoms with Crippen LogP contribution < -0.4 is 5.73 Å². The Bertz CT molecular complexity index is 487. The van der Waals surface area contributed by atoms with Crippen molar-refractivity contribution in [3.05, 3.63) is 12.4 Å². The SMILES string of the molecule is CCC1(N)CN(S(=O)(=O)c2cnn(C)c2)C1. The standard InChI is InChI=1S/C9H16N4O2S/c1-3-9(10)6-13(7-9)16(14,15)8-4-11-12(2)5-8/h4-5H,3,6-7,10H2,1-2H3. The first-order valence-corrected chi connectivity index (χ1v) is 6.59. The maximum Gasteiger partial charge on any atom is 0.246 e. The third kappa shape index (κ3) is 1.74. The average molecular weight is 244 g/mol. The van der Waals surface area contributed by atoms with Crippen LogP contribution in [0.5, 0.6) is 0 Å². The number of aromatic nitrogens is 2. The minimum atomic E-state index is -3.39. The summed E-state index contributed by atoms with van der Waals surface area (Å²) in [7, 11) is -1.70. The van der Waals surface area contributed by atoms with Crippen LogP contribution in [0.3, 0.4) is 0 Å². The fourth-order valence-electron chi connectivity index (χ4n) is 1.73. The van der Waals surface area contributed by atoms with Gasteiger partial charge in [0.25, 0.3) is 0 Å². The van der Waals surface area contributed by atoms with Gasteiger partial charge in [0.1, 0.15) is 4.90 Å². The summed E-state index contributed by atoms with van der Waals surface area (Å²) in [6.45, 7) is 2.75. The van der Waals surface area contributed by atoms with Gasteiger partial charge in [0.15, 0.2) is 0 Å². The Morgan fingerprint density at radius 1 is 1.56 bits per heavy atom. The van der Waals surface area contributed by atoms with E-state index in [9.17, 15) is 8.42 Å². The molecule has 1 aliphatic heterocycles. The Balaban J connectivity index is 2.17. The molecule has 90 valence electrons. The number of rotatable bonds is 3. The largest absolute Gasteiger partial charge is 0.323 e. The molecule has 2 rings (SSSR count). The molecule has 0 spiro atoms. The van der Waals surface area contributed by atoms with E-state index in [-0.39, 0.29) is 10.4 Å². The van der Waals surface area contributed by atoms with Crippen molar-refractivity contribution in [1.82, 2.24) is 14.1 Å². The lowest BCUT2D eigenvalue weighted by Crippen LogP contribution is -2.67. The molecule has 1 aliphatic rings.